The molecule has 2 atom stereocenters. The second-order valence-electron chi connectivity index (χ2n) is 7.70. The molecule has 0 unspecified atom stereocenters. The number of carbonyl (C=O) groups excluding carboxylic acids is 1. The van der Waals surface area contributed by atoms with E-state index in [1.165, 1.54) is 36.4 Å². The van der Waals surface area contributed by atoms with Gasteiger partial charge in [0.2, 0.25) is 0 Å². The Balaban J connectivity index is 1.82. The third-order valence-corrected chi connectivity index (χ3v) is 5.78. The molecule has 166 valence electrons. The SMILES string of the molecule is O=C(N[C@@H]1CCCC[C@@H]1O)c1cc(-c2ccc(Cl)c(F)c2)nn(-c2cccc(F)c2)c1=O. The number of hydrogen-bond acceptors (Lipinski definition) is 4. The van der Waals surface area contributed by atoms with E-state index in [2.05, 4.69) is 10.4 Å². The van der Waals surface area contributed by atoms with Gasteiger partial charge in [0.05, 0.1) is 28.5 Å². The number of aliphatic hydroxyl groups is 1. The van der Waals surface area contributed by atoms with E-state index >= 15 is 0 Å². The van der Waals surface area contributed by atoms with Crippen LogP contribution in [0.1, 0.15) is 36.0 Å². The molecule has 2 N–H and O–H groups in total. The zero-order valence-corrected chi connectivity index (χ0v) is 17.6. The lowest BCUT2D eigenvalue weighted by atomic mass is 9.92. The van der Waals surface area contributed by atoms with Crippen LogP contribution >= 0.6 is 11.6 Å². The number of hydrogen-bond donors (Lipinski definition) is 2. The van der Waals surface area contributed by atoms with Gasteiger partial charge >= 0.3 is 0 Å². The molecule has 0 spiro atoms. The number of aromatic nitrogens is 2. The lowest BCUT2D eigenvalue weighted by Crippen LogP contribution is -2.46. The summed E-state index contributed by atoms with van der Waals surface area (Å²) in [6.07, 6.45) is 2.16. The highest BCUT2D eigenvalue weighted by molar-refractivity contribution is 6.30. The highest BCUT2D eigenvalue weighted by Crippen LogP contribution is 2.24. The van der Waals surface area contributed by atoms with E-state index in [4.69, 9.17) is 11.6 Å². The quantitative estimate of drug-likeness (QED) is 0.620. The standard InChI is InChI=1S/C23H20ClF2N3O3/c24-17-9-8-13(10-18(17)26)20-12-16(22(31)27-19-6-1-2-7-21(19)30)23(32)29(28-20)15-5-3-4-14(25)11-15/h3-5,8-12,19,21,30H,1-2,6-7H2,(H,27,31)/t19-,21+/m1/s1. The molecule has 0 bridgehead atoms. The summed E-state index contributed by atoms with van der Waals surface area (Å²) in [5.74, 6) is -1.97. The smallest absolute Gasteiger partial charge is 0.284 e. The maximum Gasteiger partial charge on any atom is 0.284 e. The fourth-order valence-corrected chi connectivity index (χ4v) is 3.88. The van der Waals surface area contributed by atoms with Crippen LogP contribution in [0.15, 0.2) is 53.3 Å². The zero-order chi connectivity index (χ0) is 22.8. The van der Waals surface area contributed by atoms with Crippen LogP contribution < -0.4 is 10.9 Å². The molecule has 0 aliphatic heterocycles. The van der Waals surface area contributed by atoms with Gasteiger partial charge in [-0.05, 0) is 49.2 Å². The van der Waals surface area contributed by atoms with Crippen molar-refractivity contribution < 1.29 is 18.7 Å². The van der Waals surface area contributed by atoms with Crippen LogP contribution in [0, 0.1) is 11.6 Å². The Morgan fingerprint density at radius 3 is 2.62 bits per heavy atom. The van der Waals surface area contributed by atoms with Gasteiger partial charge in [0, 0.05) is 5.56 Å². The first kappa shape index (κ1) is 22.1. The number of halogens is 3. The number of carbonyl (C=O) groups is 1. The molecule has 1 aliphatic rings. The molecular formula is C23H20ClF2N3O3. The maximum absolute atomic E-state index is 14.0. The lowest BCUT2D eigenvalue weighted by molar-refractivity contribution is 0.0716. The summed E-state index contributed by atoms with van der Waals surface area (Å²) in [5, 5.41) is 17.0. The minimum Gasteiger partial charge on any atom is -0.391 e. The topological polar surface area (TPSA) is 84.2 Å². The molecule has 9 heteroatoms. The van der Waals surface area contributed by atoms with Crippen LogP contribution in [-0.2, 0) is 0 Å². The largest absolute Gasteiger partial charge is 0.391 e. The number of benzene rings is 2. The fraction of sp³-hybridized carbons (Fsp3) is 0.261. The minimum absolute atomic E-state index is 0.0866. The van der Waals surface area contributed by atoms with E-state index in [0.29, 0.717) is 12.8 Å². The first-order chi connectivity index (χ1) is 15.3. The predicted octanol–water partition coefficient (Wildman–Crippen LogP) is 3.86. The monoisotopic (exact) mass is 459 g/mol. The van der Waals surface area contributed by atoms with Gasteiger partial charge in [0.1, 0.15) is 17.2 Å². The summed E-state index contributed by atoms with van der Waals surface area (Å²) >= 11 is 5.76. The summed E-state index contributed by atoms with van der Waals surface area (Å²) in [7, 11) is 0. The van der Waals surface area contributed by atoms with E-state index in [9.17, 15) is 23.5 Å². The molecular weight excluding hydrogens is 440 g/mol. The van der Waals surface area contributed by atoms with Gasteiger partial charge < -0.3 is 10.4 Å². The normalized spacial score (nSPS) is 18.4. The molecule has 3 aromatic rings. The summed E-state index contributed by atoms with van der Waals surface area (Å²) in [6.45, 7) is 0. The number of nitrogens with one attached hydrogen (secondary N) is 1. The Hall–Kier alpha value is -3.10. The summed E-state index contributed by atoms with van der Waals surface area (Å²) < 4.78 is 28.7. The van der Waals surface area contributed by atoms with Crippen molar-refractivity contribution in [3.8, 4) is 16.9 Å². The molecule has 1 aliphatic carbocycles. The van der Waals surface area contributed by atoms with Gasteiger partial charge in [0.15, 0.2) is 0 Å². The summed E-state index contributed by atoms with van der Waals surface area (Å²) in [6, 6.07) is 9.94. The Labute approximate surface area is 187 Å². The van der Waals surface area contributed by atoms with E-state index in [1.54, 1.807) is 0 Å². The highest BCUT2D eigenvalue weighted by Gasteiger charge is 2.27. The highest BCUT2D eigenvalue weighted by atomic mass is 35.5. The van der Waals surface area contributed by atoms with Crippen molar-refractivity contribution in [3.05, 3.63) is 81.1 Å². The van der Waals surface area contributed by atoms with E-state index in [0.717, 1.165) is 29.7 Å². The fourth-order valence-electron chi connectivity index (χ4n) is 3.76. The molecule has 6 nitrogen and oxygen atoms in total. The van der Waals surface area contributed by atoms with Gasteiger partial charge in [0.25, 0.3) is 11.5 Å². The second kappa shape index (κ2) is 9.18. The van der Waals surface area contributed by atoms with Gasteiger partial charge in [-0.25, -0.2) is 8.78 Å². The van der Waals surface area contributed by atoms with Crippen LogP contribution in [0.4, 0.5) is 8.78 Å². The van der Waals surface area contributed by atoms with Crippen molar-refractivity contribution in [3.63, 3.8) is 0 Å². The first-order valence-corrected chi connectivity index (χ1v) is 10.6. The molecule has 0 saturated heterocycles. The molecule has 1 saturated carbocycles. The van der Waals surface area contributed by atoms with Gasteiger partial charge in [-0.3, -0.25) is 9.59 Å². The average Bonchev–Trinajstić information content (AvgIpc) is 2.77. The minimum atomic E-state index is -0.767. The van der Waals surface area contributed by atoms with Gasteiger partial charge in [-0.15, -0.1) is 0 Å². The van der Waals surface area contributed by atoms with Crippen molar-refractivity contribution in [2.75, 3.05) is 0 Å². The molecule has 1 fully saturated rings. The van der Waals surface area contributed by atoms with Gasteiger partial charge in [-0.1, -0.05) is 36.6 Å². The lowest BCUT2D eigenvalue weighted by Gasteiger charge is -2.28. The summed E-state index contributed by atoms with van der Waals surface area (Å²) in [4.78, 5) is 26.1. The predicted molar refractivity (Wildman–Crippen MR) is 116 cm³/mol. The van der Waals surface area contributed by atoms with Crippen molar-refractivity contribution in [1.29, 1.82) is 0 Å². The Morgan fingerprint density at radius 2 is 1.91 bits per heavy atom. The van der Waals surface area contributed by atoms with Crippen LogP contribution in [-0.4, -0.2) is 32.9 Å². The number of rotatable bonds is 4. The molecule has 1 amide bonds. The third-order valence-electron chi connectivity index (χ3n) is 5.47. The van der Waals surface area contributed by atoms with Crippen LogP contribution in [0.3, 0.4) is 0 Å². The molecule has 32 heavy (non-hydrogen) atoms. The Bertz CT molecular complexity index is 1230. The molecule has 0 radical (unpaired) electrons. The average molecular weight is 460 g/mol. The maximum atomic E-state index is 14.0. The van der Waals surface area contributed by atoms with E-state index in [1.807, 2.05) is 0 Å². The van der Waals surface area contributed by atoms with Gasteiger partial charge in [-0.2, -0.15) is 9.78 Å². The van der Waals surface area contributed by atoms with Crippen molar-refractivity contribution in [2.24, 2.45) is 0 Å². The van der Waals surface area contributed by atoms with Crippen molar-refractivity contribution in [2.45, 2.75) is 37.8 Å². The second-order valence-corrected chi connectivity index (χ2v) is 8.11. The number of amides is 1. The van der Waals surface area contributed by atoms with Crippen LogP contribution in [0.25, 0.3) is 16.9 Å². The molecule has 4 rings (SSSR count). The van der Waals surface area contributed by atoms with Crippen molar-refractivity contribution >= 4 is 17.5 Å². The van der Waals surface area contributed by atoms with Crippen molar-refractivity contribution in [1.82, 2.24) is 15.1 Å². The molecule has 2 aromatic carbocycles. The Morgan fingerprint density at radius 1 is 1.12 bits per heavy atom. The zero-order valence-electron chi connectivity index (χ0n) is 16.9. The molecule has 1 heterocycles. The Kier molecular flexibility index (Phi) is 6.34. The number of aliphatic hydroxyl groups excluding tert-OH is 1. The number of nitrogens with zero attached hydrogens (tertiary/aromatic N) is 2. The van der Waals surface area contributed by atoms with Crippen LogP contribution in [0.5, 0.6) is 0 Å². The van der Waals surface area contributed by atoms with E-state index in [-0.39, 0.29) is 27.5 Å². The van der Waals surface area contributed by atoms with E-state index < -0.39 is 35.2 Å². The first-order valence-electron chi connectivity index (χ1n) is 10.2. The molecule has 1 aromatic heterocycles. The third kappa shape index (κ3) is 4.56. The summed E-state index contributed by atoms with van der Waals surface area (Å²) in [5.41, 5.74) is -0.510. The van der Waals surface area contributed by atoms with Crippen LogP contribution in [0.2, 0.25) is 5.02 Å².